The van der Waals surface area contributed by atoms with E-state index in [2.05, 4.69) is 4.98 Å². The molecule has 0 atom stereocenters. The van der Waals surface area contributed by atoms with Crippen LogP contribution in [-0.4, -0.2) is 21.3 Å². The Morgan fingerprint density at radius 2 is 2.36 bits per heavy atom. The van der Waals surface area contributed by atoms with Gasteiger partial charge in [-0.05, 0) is 6.07 Å². The van der Waals surface area contributed by atoms with Gasteiger partial charge in [0.1, 0.15) is 0 Å². The molecular weight excluding hydrogens is 176 g/mol. The molecule has 1 N–H and O–H groups in total. The smallest absolute Gasteiger partial charge is 0.0956 e. The molecule has 0 fully saturated rings. The average Bonchev–Trinajstić information content (AvgIpc) is 2.58. The lowest BCUT2D eigenvalue weighted by Crippen LogP contribution is -1.83. The molecule has 14 heavy (non-hydrogen) atoms. The second kappa shape index (κ2) is 3.64. The minimum atomic E-state index is 0.0588. The lowest BCUT2D eigenvalue weighted by molar-refractivity contribution is 0.343. The molecule has 3 heteroatoms. The van der Waals surface area contributed by atoms with Crippen LogP contribution >= 0.6 is 0 Å². The fourth-order valence-corrected chi connectivity index (χ4v) is 1.49. The summed E-state index contributed by atoms with van der Waals surface area (Å²) in [6.45, 7) is 0.0588. The van der Waals surface area contributed by atoms with Gasteiger partial charge in [0.25, 0.3) is 0 Å². The molecule has 0 aliphatic heterocycles. The SMILES string of the molecule is Cn1cnc2c(/C=C/CO)cccc21. The van der Waals surface area contributed by atoms with Gasteiger partial charge >= 0.3 is 0 Å². The second-order valence-corrected chi connectivity index (χ2v) is 3.16. The first kappa shape index (κ1) is 8.97. The summed E-state index contributed by atoms with van der Waals surface area (Å²) in [5, 5.41) is 8.69. The van der Waals surface area contributed by atoms with E-state index in [1.165, 1.54) is 0 Å². The fraction of sp³-hybridized carbons (Fsp3) is 0.182. The van der Waals surface area contributed by atoms with Gasteiger partial charge < -0.3 is 9.67 Å². The average molecular weight is 188 g/mol. The van der Waals surface area contributed by atoms with Crippen molar-refractivity contribution in [3.63, 3.8) is 0 Å². The van der Waals surface area contributed by atoms with E-state index >= 15 is 0 Å². The monoisotopic (exact) mass is 188 g/mol. The van der Waals surface area contributed by atoms with Crippen molar-refractivity contribution in [3.8, 4) is 0 Å². The largest absolute Gasteiger partial charge is 0.392 e. The van der Waals surface area contributed by atoms with E-state index in [0.717, 1.165) is 16.6 Å². The second-order valence-electron chi connectivity index (χ2n) is 3.16. The fourth-order valence-electron chi connectivity index (χ4n) is 1.49. The standard InChI is InChI=1S/C11H12N2O/c1-13-8-12-11-9(5-3-7-14)4-2-6-10(11)13/h2-6,8,14H,7H2,1H3/b5-3+. The number of nitrogens with zero attached hydrogens (tertiary/aromatic N) is 2. The Kier molecular flexibility index (Phi) is 2.33. The van der Waals surface area contributed by atoms with Gasteiger partial charge in [0.15, 0.2) is 0 Å². The summed E-state index contributed by atoms with van der Waals surface area (Å²) in [5.41, 5.74) is 3.11. The summed E-state index contributed by atoms with van der Waals surface area (Å²) >= 11 is 0. The van der Waals surface area contributed by atoms with Gasteiger partial charge in [0, 0.05) is 12.6 Å². The van der Waals surface area contributed by atoms with Crippen LogP contribution in [0.3, 0.4) is 0 Å². The van der Waals surface area contributed by atoms with E-state index in [4.69, 9.17) is 5.11 Å². The normalized spacial score (nSPS) is 11.6. The molecular formula is C11H12N2O. The predicted octanol–water partition coefficient (Wildman–Crippen LogP) is 1.58. The molecule has 1 aromatic heterocycles. The molecule has 0 amide bonds. The highest BCUT2D eigenvalue weighted by atomic mass is 16.2. The number of hydrogen-bond acceptors (Lipinski definition) is 2. The Bertz CT molecular complexity index is 471. The van der Waals surface area contributed by atoms with Gasteiger partial charge in [-0.3, -0.25) is 0 Å². The van der Waals surface area contributed by atoms with Crippen LogP contribution in [0.1, 0.15) is 5.56 Å². The summed E-state index contributed by atoms with van der Waals surface area (Å²) < 4.78 is 1.98. The number of para-hydroxylation sites is 1. The van der Waals surface area contributed by atoms with Crippen LogP contribution in [0.4, 0.5) is 0 Å². The lowest BCUT2D eigenvalue weighted by atomic mass is 10.1. The Balaban J connectivity index is 2.60. The number of benzene rings is 1. The molecule has 72 valence electrons. The number of aliphatic hydroxyl groups is 1. The number of aliphatic hydroxyl groups excluding tert-OH is 1. The third-order valence-electron chi connectivity index (χ3n) is 2.19. The highest BCUT2D eigenvalue weighted by Gasteiger charge is 2.01. The summed E-state index contributed by atoms with van der Waals surface area (Å²) in [7, 11) is 1.97. The lowest BCUT2D eigenvalue weighted by Gasteiger charge is -1.96. The topological polar surface area (TPSA) is 38.0 Å². The van der Waals surface area contributed by atoms with Crippen molar-refractivity contribution in [1.29, 1.82) is 0 Å². The van der Waals surface area contributed by atoms with Gasteiger partial charge in [-0.2, -0.15) is 0 Å². The zero-order valence-corrected chi connectivity index (χ0v) is 8.01. The first-order valence-corrected chi connectivity index (χ1v) is 4.50. The quantitative estimate of drug-likeness (QED) is 0.777. The summed E-state index contributed by atoms with van der Waals surface area (Å²) in [6.07, 6.45) is 5.39. The third-order valence-corrected chi connectivity index (χ3v) is 2.19. The molecule has 0 aliphatic carbocycles. The van der Waals surface area contributed by atoms with Gasteiger partial charge in [-0.25, -0.2) is 4.98 Å². The maximum absolute atomic E-state index is 8.69. The maximum Gasteiger partial charge on any atom is 0.0956 e. The summed E-state index contributed by atoms with van der Waals surface area (Å²) in [6, 6.07) is 6.00. The summed E-state index contributed by atoms with van der Waals surface area (Å²) in [5.74, 6) is 0. The van der Waals surface area contributed by atoms with Crippen LogP contribution in [0.5, 0.6) is 0 Å². The van der Waals surface area contributed by atoms with Crippen molar-refractivity contribution in [2.24, 2.45) is 7.05 Å². The van der Waals surface area contributed by atoms with Crippen molar-refractivity contribution in [2.75, 3.05) is 6.61 Å². The zero-order chi connectivity index (χ0) is 9.97. The van der Waals surface area contributed by atoms with E-state index < -0.39 is 0 Å². The van der Waals surface area contributed by atoms with Crippen molar-refractivity contribution in [2.45, 2.75) is 0 Å². The highest BCUT2D eigenvalue weighted by Crippen LogP contribution is 2.17. The van der Waals surface area contributed by atoms with E-state index in [1.807, 2.05) is 35.9 Å². The maximum atomic E-state index is 8.69. The van der Waals surface area contributed by atoms with Gasteiger partial charge in [-0.15, -0.1) is 0 Å². The first-order chi connectivity index (χ1) is 6.83. The van der Waals surface area contributed by atoms with E-state index in [0.29, 0.717) is 0 Å². The molecule has 0 aliphatic rings. The van der Waals surface area contributed by atoms with Crippen LogP contribution < -0.4 is 0 Å². The van der Waals surface area contributed by atoms with Crippen molar-refractivity contribution in [1.82, 2.24) is 9.55 Å². The van der Waals surface area contributed by atoms with E-state index in [1.54, 1.807) is 12.4 Å². The molecule has 1 heterocycles. The molecule has 2 aromatic rings. The highest BCUT2D eigenvalue weighted by molar-refractivity contribution is 5.84. The van der Waals surface area contributed by atoms with Crippen molar-refractivity contribution in [3.05, 3.63) is 36.2 Å². The number of hydrogen-bond donors (Lipinski definition) is 1. The Labute approximate surface area is 82.3 Å². The number of imidazole rings is 1. The Morgan fingerprint density at radius 1 is 1.50 bits per heavy atom. The Morgan fingerprint density at radius 3 is 3.14 bits per heavy atom. The molecule has 0 spiro atoms. The van der Waals surface area contributed by atoms with Crippen molar-refractivity contribution < 1.29 is 5.11 Å². The van der Waals surface area contributed by atoms with Crippen LogP contribution in [0.25, 0.3) is 17.1 Å². The van der Waals surface area contributed by atoms with E-state index in [9.17, 15) is 0 Å². The summed E-state index contributed by atoms with van der Waals surface area (Å²) in [4.78, 5) is 4.30. The minimum absolute atomic E-state index is 0.0588. The number of rotatable bonds is 2. The first-order valence-electron chi connectivity index (χ1n) is 4.50. The molecule has 0 radical (unpaired) electrons. The molecule has 0 saturated carbocycles. The van der Waals surface area contributed by atoms with Gasteiger partial charge in [0.2, 0.25) is 0 Å². The van der Waals surface area contributed by atoms with Gasteiger partial charge in [0.05, 0.1) is 24.0 Å². The predicted molar refractivity (Wildman–Crippen MR) is 56.8 cm³/mol. The van der Waals surface area contributed by atoms with Crippen LogP contribution in [-0.2, 0) is 7.05 Å². The molecule has 0 unspecified atom stereocenters. The van der Waals surface area contributed by atoms with Crippen LogP contribution in [0.15, 0.2) is 30.6 Å². The molecule has 1 aromatic carbocycles. The number of fused-ring (bicyclic) bond motifs is 1. The Hall–Kier alpha value is -1.61. The molecule has 0 saturated heterocycles. The number of aryl methyl sites for hydroxylation is 1. The zero-order valence-electron chi connectivity index (χ0n) is 8.01. The molecule has 0 bridgehead atoms. The van der Waals surface area contributed by atoms with Gasteiger partial charge in [-0.1, -0.05) is 24.3 Å². The van der Waals surface area contributed by atoms with Crippen LogP contribution in [0, 0.1) is 0 Å². The molecule has 2 rings (SSSR count). The molecule has 3 nitrogen and oxygen atoms in total. The minimum Gasteiger partial charge on any atom is -0.392 e. The third kappa shape index (κ3) is 1.42. The number of aromatic nitrogens is 2. The van der Waals surface area contributed by atoms with E-state index in [-0.39, 0.29) is 6.61 Å². The van der Waals surface area contributed by atoms with Crippen molar-refractivity contribution >= 4 is 17.1 Å². The van der Waals surface area contributed by atoms with Crippen LogP contribution in [0.2, 0.25) is 0 Å².